The van der Waals surface area contributed by atoms with E-state index in [1.807, 2.05) is 0 Å². The highest BCUT2D eigenvalue weighted by Crippen LogP contribution is 2.20. The molecule has 0 saturated carbocycles. The fraction of sp³-hybridized carbons (Fsp3) is 0.300. The molecule has 1 aliphatic heterocycles. The van der Waals surface area contributed by atoms with Crippen molar-refractivity contribution in [2.45, 2.75) is 18.4 Å². The van der Waals surface area contributed by atoms with Gasteiger partial charge in [-0.05, 0) is 42.3 Å². The summed E-state index contributed by atoms with van der Waals surface area (Å²) in [5.41, 5.74) is 1.90. The number of aryl methyl sites for hydroxylation is 1. The summed E-state index contributed by atoms with van der Waals surface area (Å²) in [6.45, 7) is 3.26. The number of rotatable bonds is 5. The molecule has 0 radical (unpaired) electrons. The van der Waals surface area contributed by atoms with Gasteiger partial charge in [-0.3, -0.25) is 9.59 Å². The molecule has 0 bridgehead atoms. The third kappa shape index (κ3) is 5.37. The van der Waals surface area contributed by atoms with Crippen molar-refractivity contribution in [2.24, 2.45) is 0 Å². The Labute approximate surface area is 180 Å². The van der Waals surface area contributed by atoms with Gasteiger partial charge < -0.3 is 15.4 Å². The van der Waals surface area contributed by atoms with E-state index in [2.05, 4.69) is 10.6 Å². The normalized spacial score (nSPS) is 14.9. The number of halogens is 1. The van der Waals surface area contributed by atoms with Gasteiger partial charge in [0, 0.05) is 30.3 Å². The monoisotopic (exact) mass is 451 g/mol. The molecule has 1 fully saturated rings. The second-order valence-corrected chi connectivity index (χ2v) is 9.13. The molecule has 0 aromatic heterocycles. The highest BCUT2D eigenvalue weighted by atomic mass is 35.5. The summed E-state index contributed by atoms with van der Waals surface area (Å²) in [5, 5.41) is 5.48. The summed E-state index contributed by atoms with van der Waals surface area (Å²) in [7, 11) is -3.57. The van der Waals surface area contributed by atoms with Crippen molar-refractivity contribution in [3.05, 3.63) is 58.6 Å². The fourth-order valence-corrected chi connectivity index (χ4v) is 4.47. The molecule has 2 N–H and O–H groups in total. The molecule has 2 amide bonds. The van der Waals surface area contributed by atoms with Gasteiger partial charge in [0.15, 0.2) is 0 Å². The van der Waals surface area contributed by atoms with Crippen LogP contribution in [0.15, 0.2) is 47.4 Å². The van der Waals surface area contributed by atoms with Gasteiger partial charge >= 0.3 is 11.8 Å². The standard InChI is InChI=1S/C20H22ClN3O5S/c1-14-2-5-16(21)12-18(14)23-20(26)19(25)22-13-15-3-6-17(7-4-15)30(27,28)24-8-10-29-11-9-24/h2-7,12H,8-11,13H2,1H3,(H,22,25)(H,23,26). The lowest BCUT2D eigenvalue weighted by molar-refractivity contribution is -0.136. The third-order valence-corrected chi connectivity index (χ3v) is 6.79. The van der Waals surface area contributed by atoms with Gasteiger partial charge in [0.1, 0.15) is 0 Å². The minimum absolute atomic E-state index is 0.0820. The second-order valence-electron chi connectivity index (χ2n) is 6.76. The van der Waals surface area contributed by atoms with Crippen molar-refractivity contribution in [1.29, 1.82) is 0 Å². The third-order valence-electron chi connectivity index (χ3n) is 4.64. The van der Waals surface area contributed by atoms with Gasteiger partial charge in [-0.1, -0.05) is 29.8 Å². The first-order valence-electron chi connectivity index (χ1n) is 9.29. The first-order valence-corrected chi connectivity index (χ1v) is 11.1. The van der Waals surface area contributed by atoms with Gasteiger partial charge in [0.2, 0.25) is 10.0 Å². The highest BCUT2D eigenvalue weighted by molar-refractivity contribution is 7.89. The summed E-state index contributed by atoms with van der Waals surface area (Å²) >= 11 is 5.91. The Kier molecular flexibility index (Phi) is 7.09. The van der Waals surface area contributed by atoms with E-state index in [0.717, 1.165) is 5.56 Å². The number of nitrogens with zero attached hydrogens (tertiary/aromatic N) is 1. The van der Waals surface area contributed by atoms with Crippen molar-refractivity contribution in [3.8, 4) is 0 Å². The van der Waals surface area contributed by atoms with Crippen molar-refractivity contribution < 1.29 is 22.7 Å². The van der Waals surface area contributed by atoms with Gasteiger partial charge in [-0.25, -0.2) is 8.42 Å². The van der Waals surface area contributed by atoms with E-state index in [-0.39, 0.29) is 11.4 Å². The molecular formula is C20H22ClN3O5S. The quantitative estimate of drug-likeness (QED) is 0.676. The molecule has 0 unspecified atom stereocenters. The van der Waals surface area contributed by atoms with Crippen LogP contribution in [-0.2, 0) is 30.9 Å². The SMILES string of the molecule is Cc1ccc(Cl)cc1NC(=O)C(=O)NCc1ccc(S(=O)(=O)N2CCOCC2)cc1. The Hall–Kier alpha value is -2.46. The van der Waals surface area contributed by atoms with E-state index < -0.39 is 21.8 Å². The van der Waals surface area contributed by atoms with Crippen LogP contribution >= 0.6 is 11.6 Å². The number of benzene rings is 2. The van der Waals surface area contributed by atoms with E-state index in [9.17, 15) is 18.0 Å². The smallest absolute Gasteiger partial charge is 0.313 e. The van der Waals surface area contributed by atoms with E-state index in [4.69, 9.17) is 16.3 Å². The molecule has 8 nitrogen and oxygen atoms in total. The maximum absolute atomic E-state index is 12.6. The van der Waals surface area contributed by atoms with Crippen LogP contribution in [0, 0.1) is 6.92 Å². The zero-order chi connectivity index (χ0) is 21.7. The fourth-order valence-electron chi connectivity index (χ4n) is 2.89. The molecular weight excluding hydrogens is 430 g/mol. The number of anilines is 1. The Bertz CT molecular complexity index is 1030. The molecule has 1 heterocycles. The number of hydrogen-bond donors (Lipinski definition) is 2. The zero-order valence-corrected chi connectivity index (χ0v) is 17.9. The first kappa shape index (κ1) is 22.2. The minimum Gasteiger partial charge on any atom is -0.379 e. The Morgan fingerprint density at radius 1 is 1.07 bits per heavy atom. The number of amides is 2. The Balaban J connectivity index is 1.57. The van der Waals surface area contributed by atoms with Crippen molar-refractivity contribution >= 4 is 39.1 Å². The lowest BCUT2D eigenvalue weighted by atomic mass is 10.2. The van der Waals surface area contributed by atoms with Crippen LogP contribution in [0.4, 0.5) is 5.69 Å². The van der Waals surface area contributed by atoms with Crippen LogP contribution in [-0.4, -0.2) is 50.8 Å². The minimum atomic E-state index is -3.57. The maximum Gasteiger partial charge on any atom is 0.313 e. The Morgan fingerprint density at radius 3 is 2.40 bits per heavy atom. The van der Waals surface area contributed by atoms with E-state index in [0.29, 0.717) is 42.6 Å². The number of sulfonamides is 1. The van der Waals surface area contributed by atoms with E-state index >= 15 is 0 Å². The number of hydrogen-bond acceptors (Lipinski definition) is 5. The van der Waals surface area contributed by atoms with Gasteiger partial charge in [-0.15, -0.1) is 0 Å². The summed E-state index contributed by atoms with van der Waals surface area (Å²) in [4.78, 5) is 24.4. The number of morpholine rings is 1. The molecule has 2 aromatic rings. The van der Waals surface area contributed by atoms with Crippen molar-refractivity contribution in [1.82, 2.24) is 9.62 Å². The van der Waals surface area contributed by atoms with Crippen LogP contribution < -0.4 is 10.6 Å². The largest absolute Gasteiger partial charge is 0.379 e. The predicted octanol–water partition coefficient (Wildman–Crippen LogP) is 1.92. The maximum atomic E-state index is 12.6. The summed E-state index contributed by atoms with van der Waals surface area (Å²) < 4.78 is 31.8. The van der Waals surface area contributed by atoms with E-state index in [1.165, 1.54) is 16.4 Å². The molecule has 0 atom stereocenters. The number of carbonyl (C=O) groups excluding carboxylic acids is 2. The highest BCUT2D eigenvalue weighted by Gasteiger charge is 2.26. The molecule has 160 valence electrons. The number of carbonyl (C=O) groups is 2. The number of nitrogens with one attached hydrogen (secondary N) is 2. The lowest BCUT2D eigenvalue weighted by Crippen LogP contribution is -2.40. The molecule has 3 rings (SSSR count). The van der Waals surface area contributed by atoms with Crippen LogP contribution in [0.25, 0.3) is 0 Å². The van der Waals surface area contributed by atoms with Crippen LogP contribution in [0.1, 0.15) is 11.1 Å². The van der Waals surface area contributed by atoms with E-state index in [1.54, 1.807) is 37.3 Å². The van der Waals surface area contributed by atoms with Crippen LogP contribution in [0.3, 0.4) is 0 Å². The second kappa shape index (κ2) is 9.57. The molecule has 10 heteroatoms. The topological polar surface area (TPSA) is 105 Å². The van der Waals surface area contributed by atoms with Crippen LogP contribution in [0.2, 0.25) is 5.02 Å². The summed E-state index contributed by atoms with van der Waals surface area (Å²) in [5.74, 6) is -1.62. The molecule has 1 saturated heterocycles. The summed E-state index contributed by atoms with van der Waals surface area (Å²) in [6, 6.07) is 11.2. The Morgan fingerprint density at radius 2 is 1.73 bits per heavy atom. The molecule has 1 aliphatic rings. The average Bonchev–Trinajstić information content (AvgIpc) is 2.75. The average molecular weight is 452 g/mol. The first-order chi connectivity index (χ1) is 14.3. The van der Waals surface area contributed by atoms with Crippen molar-refractivity contribution in [3.63, 3.8) is 0 Å². The van der Waals surface area contributed by atoms with Gasteiger partial charge in [0.25, 0.3) is 0 Å². The van der Waals surface area contributed by atoms with Crippen LogP contribution in [0.5, 0.6) is 0 Å². The van der Waals surface area contributed by atoms with Gasteiger partial charge in [0.05, 0.1) is 18.1 Å². The van der Waals surface area contributed by atoms with Crippen molar-refractivity contribution in [2.75, 3.05) is 31.6 Å². The molecule has 0 spiro atoms. The molecule has 30 heavy (non-hydrogen) atoms. The van der Waals surface area contributed by atoms with Gasteiger partial charge in [-0.2, -0.15) is 4.31 Å². The zero-order valence-electron chi connectivity index (χ0n) is 16.4. The summed E-state index contributed by atoms with van der Waals surface area (Å²) in [6.07, 6.45) is 0. The predicted molar refractivity (Wildman–Crippen MR) is 113 cm³/mol. The lowest BCUT2D eigenvalue weighted by Gasteiger charge is -2.26. The number of ether oxygens (including phenoxy) is 1. The molecule has 2 aromatic carbocycles. The molecule has 0 aliphatic carbocycles.